The van der Waals surface area contributed by atoms with Crippen molar-refractivity contribution in [3.63, 3.8) is 0 Å². The van der Waals surface area contributed by atoms with Gasteiger partial charge in [-0.3, -0.25) is 9.59 Å². The third-order valence-corrected chi connectivity index (χ3v) is 4.84. The summed E-state index contributed by atoms with van der Waals surface area (Å²) in [5, 5.41) is 2.84. The van der Waals surface area contributed by atoms with Crippen molar-refractivity contribution >= 4 is 29.8 Å². The number of benzene rings is 1. The van der Waals surface area contributed by atoms with Crippen LogP contribution in [0.1, 0.15) is 35.2 Å². The van der Waals surface area contributed by atoms with Crippen LogP contribution < -0.4 is 22.0 Å². The van der Waals surface area contributed by atoms with Crippen molar-refractivity contribution in [2.24, 2.45) is 0 Å². The van der Waals surface area contributed by atoms with Crippen LogP contribution >= 0.6 is 12.4 Å². The standard InChI is InChI=1S/C22H25N5O2.ClH/c1-14-11-12-27(24-13-17-7-5-4-6-8-17)22(29)20(14)15(2)21(28)26-18-9-10-19(23)25-16(18)3;/h4-12,15,24H,13H2,1-3H3,(H2,23,25)(H,26,28);1H. The monoisotopic (exact) mass is 427 g/mol. The lowest BCUT2D eigenvalue weighted by Crippen LogP contribution is -2.34. The topological polar surface area (TPSA) is 102 Å². The van der Waals surface area contributed by atoms with E-state index in [1.165, 1.54) is 4.68 Å². The molecule has 0 radical (unpaired) electrons. The number of pyridine rings is 2. The molecule has 0 aliphatic rings. The van der Waals surface area contributed by atoms with Gasteiger partial charge in [0.25, 0.3) is 5.56 Å². The maximum atomic E-state index is 13.0. The van der Waals surface area contributed by atoms with E-state index in [2.05, 4.69) is 15.7 Å². The van der Waals surface area contributed by atoms with E-state index in [0.29, 0.717) is 29.3 Å². The molecule has 3 rings (SSSR count). The Labute approximate surface area is 181 Å². The number of rotatable bonds is 6. The highest BCUT2D eigenvalue weighted by Gasteiger charge is 2.22. The second kappa shape index (κ2) is 9.93. The number of carbonyl (C=O) groups is 1. The van der Waals surface area contributed by atoms with Crippen LogP contribution in [-0.2, 0) is 11.3 Å². The van der Waals surface area contributed by atoms with Gasteiger partial charge in [-0.15, -0.1) is 12.4 Å². The summed E-state index contributed by atoms with van der Waals surface area (Å²) in [6, 6.07) is 15.0. The van der Waals surface area contributed by atoms with Crippen LogP contribution in [0.3, 0.4) is 0 Å². The van der Waals surface area contributed by atoms with E-state index in [9.17, 15) is 9.59 Å². The van der Waals surface area contributed by atoms with Gasteiger partial charge in [0.1, 0.15) is 5.82 Å². The molecule has 1 amide bonds. The van der Waals surface area contributed by atoms with Gasteiger partial charge in [0.15, 0.2) is 0 Å². The Balaban J connectivity index is 0.00000320. The van der Waals surface area contributed by atoms with Crippen LogP contribution in [0.25, 0.3) is 0 Å². The number of anilines is 2. The lowest BCUT2D eigenvalue weighted by atomic mass is 9.97. The van der Waals surface area contributed by atoms with Crippen molar-refractivity contribution in [1.82, 2.24) is 9.66 Å². The van der Waals surface area contributed by atoms with Gasteiger partial charge in [-0.1, -0.05) is 30.3 Å². The van der Waals surface area contributed by atoms with E-state index in [-0.39, 0.29) is 23.9 Å². The Morgan fingerprint density at radius 3 is 2.50 bits per heavy atom. The molecular formula is C22H26ClN5O2. The number of hydrogen-bond donors (Lipinski definition) is 3. The second-order valence-electron chi connectivity index (χ2n) is 6.99. The van der Waals surface area contributed by atoms with E-state index in [0.717, 1.165) is 11.1 Å². The number of hydrogen-bond acceptors (Lipinski definition) is 5. The molecule has 158 valence electrons. The predicted octanol–water partition coefficient (Wildman–Crippen LogP) is 3.35. The van der Waals surface area contributed by atoms with E-state index < -0.39 is 5.92 Å². The van der Waals surface area contributed by atoms with Crippen LogP contribution in [0.5, 0.6) is 0 Å². The predicted molar refractivity (Wildman–Crippen MR) is 123 cm³/mol. The minimum Gasteiger partial charge on any atom is -0.384 e. The highest BCUT2D eigenvalue weighted by molar-refractivity contribution is 5.96. The zero-order chi connectivity index (χ0) is 21.0. The van der Waals surface area contributed by atoms with Gasteiger partial charge in [-0.05, 0) is 50.1 Å². The maximum Gasteiger partial charge on any atom is 0.273 e. The number of nitrogens with one attached hydrogen (secondary N) is 2. The van der Waals surface area contributed by atoms with E-state index in [1.54, 1.807) is 32.2 Å². The highest BCUT2D eigenvalue weighted by Crippen LogP contribution is 2.20. The van der Waals surface area contributed by atoms with E-state index in [4.69, 9.17) is 5.73 Å². The Hall–Kier alpha value is -3.32. The summed E-state index contributed by atoms with van der Waals surface area (Å²) < 4.78 is 1.43. The van der Waals surface area contributed by atoms with Crippen molar-refractivity contribution in [2.45, 2.75) is 33.2 Å². The van der Waals surface area contributed by atoms with Gasteiger partial charge in [0, 0.05) is 11.8 Å². The average molecular weight is 428 g/mol. The molecule has 1 unspecified atom stereocenters. The fourth-order valence-electron chi connectivity index (χ4n) is 3.15. The van der Waals surface area contributed by atoms with Gasteiger partial charge in [-0.2, -0.15) is 0 Å². The average Bonchev–Trinajstić information content (AvgIpc) is 2.70. The third-order valence-electron chi connectivity index (χ3n) is 4.84. The fourth-order valence-corrected chi connectivity index (χ4v) is 3.15. The molecule has 0 aliphatic carbocycles. The number of amides is 1. The largest absolute Gasteiger partial charge is 0.384 e. The first kappa shape index (κ1) is 23.0. The van der Waals surface area contributed by atoms with Crippen molar-refractivity contribution < 1.29 is 4.79 Å². The van der Waals surface area contributed by atoms with Crippen molar-refractivity contribution in [2.75, 3.05) is 16.5 Å². The first-order valence-electron chi connectivity index (χ1n) is 9.40. The van der Waals surface area contributed by atoms with Gasteiger partial charge < -0.3 is 16.5 Å². The molecule has 7 nitrogen and oxygen atoms in total. The van der Waals surface area contributed by atoms with E-state index in [1.807, 2.05) is 43.3 Å². The first-order valence-corrected chi connectivity index (χ1v) is 9.40. The molecule has 2 aromatic heterocycles. The van der Waals surface area contributed by atoms with Crippen molar-refractivity contribution in [1.29, 1.82) is 0 Å². The molecule has 0 aliphatic heterocycles. The minimum atomic E-state index is -0.634. The van der Waals surface area contributed by atoms with E-state index >= 15 is 0 Å². The molecule has 4 N–H and O–H groups in total. The van der Waals surface area contributed by atoms with Gasteiger partial charge in [0.2, 0.25) is 5.91 Å². The molecular weight excluding hydrogens is 402 g/mol. The zero-order valence-electron chi connectivity index (χ0n) is 17.2. The second-order valence-corrected chi connectivity index (χ2v) is 6.99. The SMILES string of the molecule is Cc1ccn(NCc2ccccc2)c(=O)c1C(C)C(=O)Nc1ccc(N)nc1C.Cl. The Morgan fingerprint density at radius 2 is 1.83 bits per heavy atom. The third kappa shape index (κ3) is 5.18. The maximum absolute atomic E-state index is 13.0. The van der Waals surface area contributed by atoms with Gasteiger partial charge in [-0.25, -0.2) is 9.66 Å². The number of halogens is 1. The first-order chi connectivity index (χ1) is 13.9. The molecule has 8 heteroatoms. The number of carbonyl (C=O) groups excluding carboxylic acids is 1. The molecule has 0 saturated heterocycles. The summed E-state index contributed by atoms with van der Waals surface area (Å²) in [7, 11) is 0. The summed E-state index contributed by atoms with van der Waals surface area (Å²) in [5.41, 5.74) is 12.0. The molecule has 0 fully saturated rings. The molecule has 2 heterocycles. The lowest BCUT2D eigenvalue weighted by Gasteiger charge is -2.18. The van der Waals surface area contributed by atoms with Crippen molar-refractivity contribution in [3.05, 3.63) is 87.5 Å². The molecule has 3 aromatic rings. The van der Waals surface area contributed by atoms with Crippen LogP contribution in [0.2, 0.25) is 0 Å². The molecule has 1 atom stereocenters. The lowest BCUT2D eigenvalue weighted by molar-refractivity contribution is -0.117. The molecule has 30 heavy (non-hydrogen) atoms. The smallest absolute Gasteiger partial charge is 0.273 e. The molecule has 0 spiro atoms. The number of nitrogen functional groups attached to an aromatic ring is 1. The van der Waals surface area contributed by atoms with Crippen LogP contribution in [-0.4, -0.2) is 15.6 Å². The van der Waals surface area contributed by atoms with Gasteiger partial charge in [0.05, 0.1) is 23.8 Å². The number of nitrogens with two attached hydrogens (primary N) is 1. The minimum absolute atomic E-state index is 0. The van der Waals surface area contributed by atoms with Gasteiger partial charge >= 0.3 is 0 Å². The summed E-state index contributed by atoms with van der Waals surface area (Å²) in [6.07, 6.45) is 1.68. The van der Waals surface area contributed by atoms with Crippen molar-refractivity contribution in [3.8, 4) is 0 Å². The normalized spacial score (nSPS) is 11.3. The number of nitrogens with zero attached hydrogens (tertiary/aromatic N) is 2. The quantitative estimate of drug-likeness (QED) is 0.559. The summed E-state index contributed by atoms with van der Waals surface area (Å²) >= 11 is 0. The Morgan fingerprint density at radius 1 is 1.13 bits per heavy atom. The summed E-state index contributed by atoms with van der Waals surface area (Å²) in [5.74, 6) is -0.522. The number of aryl methyl sites for hydroxylation is 2. The fraction of sp³-hybridized carbons (Fsp3) is 0.227. The zero-order valence-corrected chi connectivity index (χ0v) is 18.0. The molecule has 0 bridgehead atoms. The Bertz CT molecular complexity index is 1080. The molecule has 0 saturated carbocycles. The van der Waals surface area contributed by atoms with Crippen LogP contribution in [0.15, 0.2) is 59.5 Å². The van der Waals surface area contributed by atoms with Crippen LogP contribution in [0.4, 0.5) is 11.5 Å². The number of aromatic nitrogens is 2. The highest BCUT2D eigenvalue weighted by atomic mass is 35.5. The summed E-state index contributed by atoms with van der Waals surface area (Å²) in [6.45, 7) is 5.82. The van der Waals surface area contributed by atoms with Crippen LogP contribution in [0, 0.1) is 13.8 Å². The molecule has 1 aromatic carbocycles. The summed E-state index contributed by atoms with van der Waals surface area (Å²) in [4.78, 5) is 30.0. The Kier molecular flexibility index (Phi) is 7.60.